The van der Waals surface area contributed by atoms with Crippen molar-refractivity contribution in [3.63, 3.8) is 0 Å². The van der Waals surface area contributed by atoms with Crippen LogP contribution >= 0.6 is 0 Å². The van der Waals surface area contributed by atoms with Crippen LogP contribution in [0.1, 0.15) is 30.4 Å². The normalized spacial score (nSPS) is 20.8. The monoisotopic (exact) mass is 226 g/mol. The van der Waals surface area contributed by atoms with Gasteiger partial charge in [-0.2, -0.15) is 0 Å². The lowest BCUT2D eigenvalue weighted by Crippen LogP contribution is -2.20. The van der Waals surface area contributed by atoms with Crippen LogP contribution in [0, 0.1) is 0 Å². The Bertz CT molecular complexity index is 590. The van der Waals surface area contributed by atoms with E-state index in [1.54, 1.807) is 0 Å². The van der Waals surface area contributed by atoms with Crippen LogP contribution in [0.15, 0.2) is 24.4 Å². The van der Waals surface area contributed by atoms with Gasteiger partial charge in [-0.05, 0) is 48.9 Å². The Labute approximate surface area is 101 Å². The number of benzene rings is 1. The molecule has 2 heteroatoms. The second-order valence-electron chi connectivity index (χ2n) is 5.67. The van der Waals surface area contributed by atoms with Gasteiger partial charge in [0.25, 0.3) is 0 Å². The lowest BCUT2D eigenvalue weighted by atomic mass is 9.91. The number of rotatable bonds is 2. The van der Waals surface area contributed by atoms with Crippen LogP contribution in [0.4, 0.5) is 0 Å². The molecule has 17 heavy (non-hydrogen) atoms. The van der Waals surface area contributed by atoms with Crippen molar-refractivity contribution < 1.29 is 0 Å². The van der Waals surface area contributed by atoms with Crippen molar-refractivity contribution in [2.75, 3.05) is 6.54 Å². The molecule has 1 aliphatic heterocycles. The summed E-state index contributed by atoms with van der Waals surface area (Å²) in [6, 6.07) is 7.07. The molecule has 2 N–H and O–H groups in total. The van der Waals surface area contributed by atoms with Gasteiger partial charge in [0.05, 0.1) is 5.52 Å². The Morgan fingerprint density at radius 1 is 1.29 bits per heavy atom. The molecule has 0 radical (unpaired) electrons. The number of nitrogens with two attached hydrogens (primary N) is 1. The molecule has 2 aromatic rings. The fraction of sp³-hybridized carbons (Fsp3) is 0.467. The fourth-order valence-corrected chi connectivity index (χ4v) is 3.33. The van der Waals surface area contributed by atoms with Crippen LogP contribution < -0.4 is 5.73 Å². The van der Waals surface area contributed by atoms with Crippen molar-refractivity contribution in [1.82, 2.24) is 4.57 Å². The zero-order valence-electron chi connectivity index (χ0n) is 10.1. The number of aryl methyl sites for hydroxylation is 2. The topological polar surface area (TPSA) is 30.9 Å². The largest absolute Gasteiger partial charge is 0.347 e. The minimum atomic E-state index is 0.324. The van der Waals surface area contributed by atoms with Crippen LogP contribution in [0.3, 0.4) is 0 Å². The van der Waals surface area contributed by atoms with E-state index in [0.29, 0.717) is 5.41 Å². The molecule has 0 amide bonds. The van der Waals surface area contributed by atoms with Crippen LogP contribution in [-0.2, 0) is 18.4 Å². The minimum absolute atomic E-state index is 0.324. The molecule has 0 saturated heterocycles. The highest BCUT2D eigenvalue weighted by Gasteiger charge is 2.43. The lowest BCUT2D eigenvalue weighted by molar-refractivity contribution is 0.633. The van der Waals surface area contributed by atoms with Crippen LogP contribution in [0.5, 0.6) is 0 Å². The van der Waals surface area contributed by atoms with Crippen molar-refractivity contribution in [2.24, 2.45) is 5.73 Å². The highest BCUT2D eigenvalue weighted by atomic mass is 15.0. The van der Waals surface area contributed by atoms with Crippen molar-refractivity contribution in [2.45, 2.75) is 37.6 Å². The summed E-state index contributed by atoms with van der Waals surface area (Å²) in [6.07, 6.45) is 7.29. The molecule has 4 rings (SSSR count). The summed E-state index contributed by atoms with van der Waals surface area (Å²) in [5, 5.41) is 1.41. The summed E-state index contributed by atoms with van der Waals surface area (Å²) in [5.41, 5.74) is 10.8. The summed E-state index contributed by atoms with van der Waals surface area (Å²) >= 11 is 0. The maximum absolute atomic E-state index is 5.95. The fourth-order valence-electron chi connectivity index (χ4n) is 3.33. The first-order chi connectivity index (χ1) is 8.32. The van der Waals surface area contributed by atoms with E-state index < -0.39 is 0 Å². The van der Waals surface area contributed by atoms with Gasteiger partial charge in [0.2, 0.25) is 0 Å². The third-order valence-corrected chi connectivity index (χ3v) is 4.64. The average molecular weight is 226 g/mol. The summed E-state index contributed by atoms with van der Waals surface area (Å²) in [7, 11) is 0. The minimum Gasteiger partial charge on any atom is -0.347 e. The third kappa shape index (κ3) is 1.25. The first kappa shape index (κ1) is 9.72. The molecule has 0 unspecified atom stereocenters. The molecule has 2 aliphatic rings. The van der Waals surface area contributed by atoms with E-state index in [1.165, 1.54) is 54.3 Å². The summed E-state index contributed by atoms with van der Waals surface area (Å²) in [6.45, 7) is 1.98. The molecule has 88 valence electrons. The summed E-state index contributed by atoms with van der Waals surface area (Å²) in [5.74, 6) is 0. The van der Waals surface area contributed by atoms with Crippen LogP contribution in [-0.4, -0.2) is 11.1 Å². The summed E-state index contributed by atoms with van der Waals surface area (Å²) in [4.78, 5) is 0. The zero-order valence-corrected chi connectivity index (χ0v) is 10.1. The predicted molar refractivity (Wildman–Crippen MR) is 70.2 cm³/mol. The Kier molecular flexibility index (Phi) is 1.79. The second-order valence-corrected chi connectivity index (χ2v) is 5.67. The summed E-state index contributed by atoms with van der Waals surface area (Å²) < 4.78 is 2.40. The molecule has 1 aromatic carbocycles. The maximum Gasteiger partial charge on any atom is 0.0513 e. The van der Waals surface area contributed by atoms with Gasteiger partial charge in [0.1, 0.15) is 0 Å². The van der Waals surface area contributed by atoms with Crippen molar-refractivity contribution >= 4 is 10.9 Å². The van der Waals surface area contributed by atoms with Gasteiger partial charge < -0.3 is 10.3 Å². The molecule has 1 saturated carbocycles. The predicted octanol–water partition coefficient (Wildman–Crippen LogP) is 2.58. The van der Waals surface area contributed by atoms with E-state index in [9.17, 15) is 0 Å². The van der Waals surface area contributed by atoms with E-state index in [-0.39, 0.29) is 0 Å². The van der Waals surface area contributed by atoms with Crippen molar-refractivity contribution in [3.8, 4) is 0 Å². The number of hydrogen-bond donors (Lipinski definition) is 1. The molecular formula is C15H18N2. The second kappa shape index (κ2) is 3.14. The van der Waals surface area contributed by atoms with Gasteiger partial charge in [-0.1, -0.05) is 6.07 Å². The molecule has 0 atom stereocenters. The molecule has 1 aliphatic carbocycles. The van der Waals surface area contributed by atoms with Gasteiger partial charge in [-0.3, -0.25) is 0 Å². The smallest absolute Gasteiger partial charge is 0.0513 e. The number of aromatic nitrogens is 1. The van der Waals surface area contributed by atoms with Crippen LogP contribution in [0.2, 0.25) is 0 Å². The highest BCUT2D eigenvalue weighted by molar-refractivity contribution is 5.85. The van der Waals surface area contributed by atoms with Gasteiger partial charge in [-0.15, -0.1) is 0 Å². The van der Waals surface area contributed by atoms with E-state index in [0.717, 1.165) is 6.54 Å². The highest BCUT2D eigenvalue weighted by Crippen LogP contribution is 2.48. The van der Waals surface area contributed by atoms with E-state index in [4.69, 9.17) is 5.73 Å². The van der Waals surface area contributed by atoms with E-state index in [1.807, 2.05) is 0 Å². The van der Waals surface area contributed by atoms with Crippen molar-refractivity contribution in [1.29, 1.82) is 0 Å². The van der Waals surface area contributed by atoms with Crippen LogP contribution in [0.25, 0.3) is 10.9 Å². The first-order valence-corrected chi connectivity index (χ1v) is 6.65. The molecule has 1 fully saturated rings. The maximum atomic E-state index is 5.95. The third-order valence-electron chi connectivity index (χ3n) is 4.64. The number of nitrogens with zero attached hydrogens (tertiary/aromatic N) is 1. The Morgan fingerprint density at radius 3 is 2.94 bits per heavy atom. The van der Waals surface area contributed by atoms with Gasteiger partial charge in [0.15, 0.2) is 0 Å². The van der Waals surface area contributed by atoms with E-state index >= 15 is 0 Å². The molecular weight excluding hydrogens is 208 g/mol. The van der Waals surface area contributed by atoms with Crippen molar-refractivity contribution in [3.05, 3.63) is 35.5 Å². The molecule has 1 aromatic heterocycles. The Morgan fingerprint density at radius 2 is 2.18 bits per heavy atom. The van der Waals surface area contributed by atoms with E-state index in [2.05, 4.69) is 29.0 Å². The zero-order chi connectivity index (χ0) is 11.5. The van der Waals surface area contributed by atoms with Gasteiger partial charge >= 0.3 is 0 Å². The molecule has 0 spiro atoms. The SMILES string of the molecule is NCC1(c2cc3c4c(ccn4CCC3)c2)CC1. The number of hydrogen-bond acceptors (Lipinski definition) is 1. The van der Waals surface area contributed by atoms with Gasteiger partial charge in [-0.25, -0.2) is 0 Å². The van der Waals surface area contributed by atoms with Gasteiger partial charge in [0, 0.05) is 30.1 Å². The Balaban J connectivity index is 1.97. The standard InChI is InChI=1S/C15H18N2/c16-10-15(4-5-15)13-8-11-2-1-6-17-7-3-12(9-13)14(11)17/h3,7-9H,1-2,4-6,10,16H2. The molecule has 2 heterocycles. The lowest BCUT2D eigenvalue weighted by Gasteiger charge is -2.20. The Hall–Kier alpha value is -1.28. The molecule has 0 bridgehead atoms. The average Bonchev–Trinajstić information content (AvgIpc) is 3.07. The first-order valence-electron chi connectivity index (χ1n) is 6.65. The quantitative estimate of drug-likeness (QED) is 0.838. The molecule has 2 nitrogen and oxygen atoms in total.